The van der Waals surface area contributed by atoms with Gasteiger partial charge in [0.05, 0.1) is 28.6 Å². The molecule has 1 spiro atoms. The molecule has 0 saturated carbocycles. The Hall–Kier alpha value is -3.20. The van der Waals surface area contributed by atoms with Crippen LogP contribution in [0.4, 0.5) is 10.1 Å². The molecule has 2 aliphatic heterocycles. The van der Waals surface area contributed by atoms with Crippen molar-refractivity contribution in [3.8, 4) is 0 Å². The molecule has 6 nitrogen and oxygen atoms in total. The molecule has 6 rings (SSSR count). The third-order valence-electron chi connectivity index (χ3n) is 6.86. The first kappa shape index (κ1) is 22.3. The van der Waals surface area contributed by atoms with Gasteiger partial charge in [-0.05, 0) is 35.9 Å². The number of nitrogens with zero attached hydrogens (tertiary/aromatic N) is 1. The van der Waals surface area contributed by atoms with Gasteiger partial charge in [-0.25, -0.2) is 9.29 Å². The summed E-state index contributed by atoms with van der Waals surface area (Å²) in [5.41, 5.74) is -1.29. The maximum atomic E-state index is 13.8. The number of fused-ring (bicyclic) bond motifs is 3. The first-order valence-electron chi connectivity index (χ1n) is 10.7. The fraction of sp³-hybridized carbons (Fsp3) is 0.154. The van der Waals surface area contributed by atoms with Crippen molar-refractivity contribution in [1.29, 1.82) is 0 Å². The minimum atomic E-state index is -2.17. The summed E-state index contributed by atoms with van der Waals surface area (Å²) in [5.74, 6) is -5.97. The second-order valence-corrected chi connectivity index (χ2v) is 9.97. The Morgan fingerprint density at radius 1 is 0.886 bits per heavy atom. The average Bonchev–Trinajstić information content (AvgIpc) is 3.41. The van der Waals surface area contributed by atoms with Crippen LogP contribution in [-0.2, 0) is 14.3 Å². The second-order valence-electron chi connectivity index (χ2n) is 8.65. The van der Waals surface area contributed by atoms with Crippen LogP contribution in [0.5, 0.6) is 0 Å². The fourth-order valence-electron chi connectivity index (χ4n) is 5.38. The molecule has 0 unspecified atom stereocenters. The molecular formula is C26H14BrClFNO5. The van der Waals surface area contributed by atoms with Gasteiger partial charge in [0.15, 0.2) is 0 Å². The molecule has 2 heterocycles. The molecule has 0 radical (unpaired) electrons. The molecule has 2 amide bonds. The molecule has 3 atom stereocenters. The Bertz CT molecular complexity index is 1460. The summed E-state index contributed by atoms with van der Waals surface area (Å²) >= 11 is 9.31. The van der Waals surface area contributed by atoms with Crippen molar-refractivity contribution >= 4 is 56.6 Å². The third kappa shape index (κ3) is 2.90. The number of anilines is 1. The van der Waals surface area contributed by atoms with E-state index in [1.807, 2.05) is 0 Å². The van der Waals surface area contributed by atoms with Gasteiger partial charge in [0, 0.05) is 15.6 Å². The standard InChI is InChI=1S/C26H14BrClFNO5/c27-13-5-3-4-12(10-13)21-19-20(25(34)30(24(19)33)14-8-9-18(29)17(28)11-14)26(35-21)22(31)15-6-1-2-7-16(15)23(26)32/h1-11,19-21H/t19-,20-,21+/m1/s1. The number of ketones is 2. The minimum Gasteiger partial charge on any atom is -0.349 e. The van der Waals surface area contributed by atoms with Gasteiger partial charge in [-0.15, -0.1) is 0 Å². The molecule has 174 valence electrons. The molecular weight excluding hydrogens is 541 g/mol. The minimum absolute atomic E-state index is 0.0550. The highest BCUT2D eigenvalue weighted by atomic mass is 79.9. The lowest BCUT2D eigenvalue weighted by Gasteiger charge is -2.27. The van der Waals surface area contributed by atoms with Gasteiger partial charge in [0.1, 0.15) is 5.82 Å². The third-order valence-corrected chi connectivity index (χ3v) is 7.64. The zero-order chi connectivity index (χ0) is 24.6. The lowest BCUT2D eigenvalue weighted by molar-refractivity contribution is -0.127. The van der Waals surface area contributed by atoms with Crippen molar-refractivity contribution in [2.45, 2.75) is 11.7 Å². The SMILES string of the molecule is O=C1[C@H]2[C@H](c3cccc(Br)c3)OC3(C(=O)c4ccccc4C3=O)[C@H]2C(=O)N1c1ccc(F)c(Cl)c1. The lowest BCUT2D eigenvalue weighted by Crippen LogP contribution is -2.51. The number of ether oxygens (including phenoxy) is 1. The van der Waals surface area contributed by atoms with Gasteiger partial charge in [-0.2, -0.15) is 0 Å². The van der Waals surface area contributed by atoms with Crippen molar-refractivity contribution in [2.75, 3.05) is 4.90 Å². The predicted octanol–water partition coefficient (Wildman–Crippen LogP) is 4.94. The van der Waals surface area contributed by atoms with Crippen LogP contribution in [0.15, 0.2) is 71.2 Å². The molecule has 1 aliphatic carbocycles. The summed E-state index contributed by atoms with van der Waals surface area (Å²) in [6.45, 7) is 0. The number of rotatable bonds is 2. The Morgan fingerprint density at radius 2 is 1.57 bits per heavy atom. The van der Waals surface area contributed by atoms with E-state index in [-0.39, 0.29) is 21.8 Å². The van der Waals surface area contributed by atoms with E-state index in [1.165, 1.54) is 24.3 Å². The molecule has 3 aromatic rings. The monoisotopic (exact) mass is 553 g/mol. The summed E-state index contributed by atoms with van der Waals surface area (Å²) in [5, 5.41) is -0.268. The van der Waals surface area contributed by atoms with Crippen molar-refractivity contribution in [3.63, 3.8) is 0 Å². The number of imide groups is 1. The molecule has 3 aliphatic rings. The molecule has 2 fully saturated rings. The molecule has 0 bridgehead atoms. The number of carbonyl (C=O) groups excluding carboxylic acids is 4. The zero-order valence-electron chi connectivity index (χ0n) is 17.7. The van der Waals surface area contributed by atoms with E-state index in [2.05, 4.69) is 15.9 Å². The molecule has 35 heavy (non-hydrogen) atoms. The maximum Gasteiger partial charge on any atom is 0.241 e. The second kappa shape index (κ2) is 7.65. The number of carbonyl (C=O) groups is 4. The predicted molar refractivity (Wildman–Crippen MR) is 127 cm³/mol. The smallest absolute Gasteiger partial charge is 0.241 e. The highest BCUT2D eigenvalue weighted by Crippen LogP contribution is 2.57. The van der Waals surface area contributed by atoms with Gasteiger partial charge in [-0.3, -0.25) is 19.2 Å². The van der Waals surface area contributed by atoms with Gasteiger partial charge in [-0.1, -0.05) is 63.9 Å². The summed E-state index contributed by atoms with van der Waals surface area (Å²) in [7, 11) is 0. The summed E-state index contributed by atoms with van der Waals surface area (Å²) in [6, 6.07) is 16.7. The largest absolute Gasteiger partial charge is 0.349 e. The van der Waals surface area contributed by atoms with E-state index in [0.29, 0.717) is 10.0 Å². The fourth-order valence-corrected chi connectivity index (χ4v) is 5.97. The van der Waals surface area contributed by atoms with Crippen molar-refractivity contribution in [1.82, 2.24) is 0 Å². The molecule has 3 aromatic carbocycles. The van der Waals surface area contributed by atoms with Crippen molar-refractivity contribution in [2.24, 2.45) is 11.8 Å². The van der Waals surface area contributed by atoms with Crippen molar-refractivity contribution in [3.05, 3.63) is 98.7 Å². The number of Topliss-reactive ketones (excluding diaryl/α,β-unsaturated/α-hetero) is 2. The van der Waals surface area contributed by atoms with E-state index in [9.17, 15) is 23.6 Å². The first-order valence-corrected chi connectivity index (χ1v) is 11.9. The normalized spacial score (nSPS) is 24.4. The number of hydrogen-bond acceptors (Lipinski definition) is 5. The first-order chi connectivity index (χ1) is 16.8. The van der Waals surface area contributed by atoms with E-state index in [4.69, 9.17) is 16.3 Å². The average molecular weight is 555 g/mol. The van der Waals surface area contributed by atoms with E-state index < -0.39 is 52.7 Å². The van der Waals surface area contributed by atoms with Crippen LogP contribution in [0.1, 0.15) is 32.4 Å². The summed E-state index contributed by atoms with van der Waals surface area (Å²) < 4.78 is 20.7. The van der Waals surface area contributed by atoms with E-state index in [1.54, 1.807) is 36.4 Å². The van der Waals surface area contributed by atoms with E-state index >= 15 is 0 Å². The van der Waals surface area contributed by atoms with Gasteiger partial charge in [0.25, 0.3) is 0 Å². The molecule has 2 saturated heterocycles. The van der Waals surface area contributed by atoms with Crippen molar-refractivity contribution < 1.29 is 28.3 Å². The number of benzene rings is 3. The summed E-state index contributed by atoms with van der Waals surface area (Å²) in [6.07, 6.45) is -1.04. The van der Waals surface area contributed by atoms with Gasteiger partial charge >= 0.3 is 0 Å². The van der Waals surface area contributed by atoms with Crippen LogP contribution in [0.25, 0.3) is 0 Å². The van der Waals surface area contributed by atoms with Crippen LogP contribution in [0, 0.1) is 17.7 Å². The highest BCUT2D eigenvalue weighted by Gasteiger charge is 2.74. The topological polar surface area (TPSA) is 80.8 Å². The van der Waals surface area contributed by atoms with Crippen LogP contribution in [-0.4, -0.2) is 29.0 Å². The van der Waals surface area contributed by atoms with E-state index in [0.717, 1.165) is 11.0 Å². The number of halogens is 3. The quantitative estimate of drug-likeness (QED) is 0.331. The number of hydrogen-bond donors (Lipinski definition) is 0. The maximum absolute atomic E-state index is 13.8. The van der Waals surface area contributed by atoms with Gasteiger partial charge < -0.3 is 4.74 Å². The Morgan fingerprint density at radius 3 is 2.20 bits per heavy atom. The molecule has 0 aromatic heterocycles. The Kier molecular flexibility index (Phi) is 4.87. The Balaban J connectivity index is 1.55. The van der Waals surface area contributed by atoms with Gasteiger partial charge in [0.2, 0.25) is 29.0 Å². The molecule has 0 N–H and O–H groups in total. The van der Waals surface area contributed by atoms with Crippen LogP contribution >= 0.6 is 27.5 Å². The van der Waals surface area contributed by atoms with Crippen LogP contribution in [0.2, 0.25) is 5.02 Å². The zero-order valence-corrected chi connectivity index (χ0v) is 20.0. The van der Waals surface area contributed by atoms with Crippen LogP contribution in [0.3, 0.4) is 0 Å². The van der Waals surface area contributed by atoms with Crippen LogP contribution < -0.4 is 4.90 Å². The lowest BCUT2D eigenvalue weighted by atomic mass is 9.77. The summed E-state index contributed by atoms with van der Waals surface area (Å²) in [4.78, 5) is 55.8. The molecule has 9 heteroatoms. The Labute approximate surface area is 211 Å². The number of amides is 2. The highest BCUT2D eigenvalue weighted by molar-refractivity contribution is 9.10.